The van der Waals surface area contributed by atoms with E-state index in [1.54, 1.807) is 31.2 Å². The van der Waals surface area contributed by atoms with E-state index in [0.717, 1.165) is 0 Å². The Bertz CT molecular complexity index is 896. The highest BCUT2D eigenvalue weighted by molar-refractivity contribution is 6.00. The number of ether oxygens (including phenoxy) is 1. The van der Waals surface area contributed by atoms with Crippen molar-refractivity contribution < 1.29 is 28.2 Å². The Morgan fingerprint density at radius 3 is 2.68 bits per heavy atom. The van der Waals surface area contributed by atoms with E-state index < -0.39 is 36.1 Å². The summed E-state index contributed by atoms with van der Waals surface area (Å²) in [6.45, 7) is 1.06. The van der Waals surface area contributed by atoms with E-state index >= 15 is 0 Å². The smallest absolute Gasteiger partial charge is 0.337 e. The van der Waals surface area contributed by atoms with Crippen LogP contribution in [-0.2, 0) is 17.2 Å². The number of hydrogen-bond acceptors (Lipinski definition) is 6. The van der Waals surface area contributed by atoms with Crippen molar-refractivity contribution in [1.82, 2.24) is 15.1 Å². The number of halogens is 2. The van der Waals surface area contributed by atoms with E-state index in [2.05, 4.69) is 20.5 Å². The third kappa shape index (κ3) is 3.55. The number of aromatic nitrogens is 2. The second kappa shape index (κ2) is 7.55. The van der Waals surface area contributed by atoms with E-state index in [1.807, 2.05) is 0 Å². The molecule has 2 heterocycles. The highest BCUT2D eigenvalue weighted by Gasteiger charge is 2.42. The maximum Gasteiger partial charge on any atom is 0.337 e. The summed E-state index contributed by atoms with van der Waals surface area (Å²) >= 11 is 0. The van der Waals surface area contributed by atoms with Crippen molar-refractivity contribution in [3.8, 4) is 0 Å². The molecule has 0 fully saturated rings. The average Bonchev–Trinajstić information content (AvgIpc) is 3.28. The summed E-state index contributed by atoms with van der Waals surface area (Å²) in [6.07, 6.45) is 0. The van der Waals surface area contributed by atoms with Gasteiger partial charge in [-0.2, -0.15) is 13.9 Å². The summed E-state index contributed by atoms with van der Waals surface area (Å²) in [5.74, 6) is -4.66. The molecule has 1 atom stereocenters. The lowest BCUT2D eigenvalue weighted by molar-refractivity contribution is -0.0601. The minimum atomic E-state index is -3.64. The Morgan fingerprint density at radius 2 is 2.07 bits per heavy atom. The van der Waals surface area contributed by atoms with Crippen LogP contribution in [0.4, 0.5) is 14.6 Å². The minimum absolute atomic E-state index is 0.203. The van der Waals surface area contributed by atoms with Crippen molar-refractivity contribution in [3.63, 3.8) is 0 Å². The number of aliphatic hydroxyl groups is 1. The molecule has 0 saturated heterocycles. The van der Waals surface area contributed by atoms with Crippen molar-refractivity contribution in [3.05, 3.63) is 46.6 Å². The van der Waals surface area contributed by atoms with Gasteiger partial charge in [0.2, 0.25) is 0 Å². The van der Waals surface area contributed by atoms with Crippen molar-refractivity contribution in [2.24, 2.45) is 0 Å². The fourth-order valence-corrected chi connectivity index (χ4v) is 3.01. The maximum absolute atomic E-state index is 14.1. The first-order valence-electron chi connectivity index (χ1n) is 8.61. The van der Waals surface area contributed by atoms with Gasteiger partial charge in [-0.3, -0.25) is 4.79 Å². The Labute approximate surface area is 159 Å². The molecule has 0 unspecified atom stereocenters. The summed E-state index contributed by atoms with van der Waals surface area (Å²) < 4.78 is 34.1. The lowest BCUT2D eigenvalue weighted by Crippen LogP contribution is -2.31. The molecule has 1 aliphatic rings. The molecule has 8 nitrogen and oxygen atoms in total. The molecular weight excluding hydrogens is 374 g/mol. The van der Waals surface area contributed by atoms with Crippen LogP contribution >= 0.6 is 0 Å². The molecule has 1 aromatic carbocycles. The van der Waals surface area contributed by atoms with Crippen molar-refractivity contribution in [2.75, 3.05) is 25.6 Å². The van der Waals surface area contributed by atoms with Crippen LogP contribution in [0, 0.1) is 0 Å². The normalized spacial score (nSPS) is 14.2. The molecule has 1 aliphatic heterocycles. The number of fused-ring (bicyclic) bond motifs is 1. The Hall–Kier alpha value is -3.01. The van der Waals surface area contributed by atoms with Gasteiger partial charge in [-0.05, 0) is 24.6 Å². The third-order valence-corrected chi connectivity index (χ3v) is 4.52. The van der Waals surface area contributed by atoms with E-state index in [0.29, 0.717) is 24.2 Å². The number of carbonyl (C=O) groups is 2. The van der Waals surface area contributed by atoms with Gasteiger partial charge in [0.15, 0.2) is 0 Å². The van der Waals surface area contributed by atoms with Gasteiger partial charge in [0, 0.05) is 6.54 Å². The van der Waals surface area contributed by atoms with Gasteiger partial charge < -0.3 is 20.5 Å². The number of aliphatic hydroxyl groups excluding tert-OH is 1. The van der Waals surface area contributed by atoms with Crippen molar-refractivity contribution in [1.29, 1.82) is 0 Å². The molecule has 3 N–H and O–H groups in total. The maximum atomic E-state index is 14.1. The molecule has 0 spiro atoms. The zero-order chi connectivity index (χ0) is 20.5. The lowest BCUT2D eigenvalue weighted by atomic mass is 10.0. The van der Waals surface area contributed by atoms with Gasteiger partial charge in [-0.25, -0.2) is 9.48 Å². The Kier molecular flexibility index (Phi) is 5.32. The predicted octanol–water partition coefficient (Wildman–Crippen LogP) is 1.67. The minimum Gasteiger partial charge on any atom is -0.465 e. The monoisotopic (exact) mass is 394 g/mol. The van der Waals surface area contributed by atoms with Gasteiger partial charge in [0.1, 0.15) is 23.7 Å². The number of rotatable bonds is 6. The molecular formula is C18H20F2N4O4. The van der Waals surface area contributed by atoms with Crippen LogP contribution in [0.25, 0.3) is 0 Å². The number of alkyl halides is 2. The number of esters is 1. The molecule has 2 aromatic rings. The zero-order valence-electron chi connectivity index (χ0n) is 15.3. The van der Waals surface area contributed by atoms with Crippen LogP contribution in [0.15, 0.2) is 24.3 Å². The molecule has 0 aliphatic carbocycles. The van der Waals surface area contributed by atoms with Gasteiger partial charge in [0.25, 0.3) is 5.91 Å². The fourth-order valence-electron chi connectivity index (χ4n) is 3.01. The quantitative estimate of drug-likeness (QED) is 0.644. The second-order valence-corrected chi connectivity index (χ2v) is 6.39. The molecule has 0 bridgehead atoms. The number of amides is 1. The largest absolute Gasteiger partial charge is 0.465 e. The molecule has 28 heavy (non-hydrogen) atoms. The first-order valence-corrected chi connectivity index (χ1v) is 8.61. The number of anilines is 1. The van der Waals surface area contributed by atoms with Gasteiger partial charge >= 0.3 is 11.9 Å². The summed E-state index contributed by atoms with van der Waals surface area (Å²) in [7, 11) is 1.28. The van der Waals surface area contributed by atoms with E-state index in [9.17, 15) is 18.4 Å². The van der Waals surface area contributed by atoms with E-state index in [-0.39, 0.29) is 11.4 Å². The molecule has 0 saturated carbocycles. The van der Waals surface area contributed by atoms with E-state index in [1.165, 1.54) is 11.8 Å². The first-order chi connectivity index (χ1) is 13.3. The van der Waals surface area contributed by atoms with Crippen molar-refractivity contribution in [2.45, 2.75) is 25.4 Å². The third-order valence-electron chi connectivity index (χ3n) is 4.52. The number of methoxy groups -OCH3 is 1. The zero-order valence-corrected chi connectivity index (χ0v) is 15.3. The van der Waals surface area contributed by atoms with Crippen LogP contribution in [0.2, 0.25) is 0 Å². The number of nitrogens with zero attached hydrogens (tertiary/aromatic N) is 2. The molecule has 10 heteroatoms. The van der Waals surface area contributed by atoms with Crippen LogP contribution < -0.4 is 10.6 Å². The summed E-state index contributed by atoms with van der Waals surface area (Å²) in [5, 5.41) is 18.4. The molecule has 1 aromatic heterocycles. The predicted molar refractivity (Wildman–Crippen MR) is 95.4 cm³/mol. The van der Waals surface area contributed by atoms with Gasteiger partial charge in [-0.15, -0.1) is 0 Å². The lowest BCUT2D eigenvalue weighted by Gasteiger charge is -2.17. The number of benzene rings is 1. The molecule has 150 valence electrons. The van der Waals surface area contributed by atoms with Crippen LogP contribution in [0.1, 0.15) is 44.9 Å². The van der Waals surface area contributed by atoms with Gasteiger partial charge in [0.05, 0.1) is 25.3 Å². The second-order valence-electron chi connectivity index (χ2n) is 6.39. The first kappa shape index (κ1) is 19.7. The van der Waals surface area contributed by atoms with Crippen LogP contribution in [0.3, 0.4) is 0 Å². The summed E-state index contributed by atoms with van der Waals surface area (Å²) in [5.41, 5.74) is -0.0148. The average molecular weight is 394 g/mol. The topological polar surface area (TPSA) is 105 Å². The Balaban J connectivity index is 1.84. The van der Waals surface area contributed by atoms with E-state index in [4.69, 9.17) is 5.11 Å². The highest BCUT2D eigenvalue weighted by Crippen LogP contribution is 2.35. The standard InChI is InChI=1S/C18H20F2N4O4/c1-10(11-3-5-12(6-4-11)17(27)28-2)22-16(26)13-14(18(19,20)9-25)23-24-8-7-21-15(13)24/h3-6,10,21,25H,7-9H2,1-2H3,(H,22,26)/t10-/m0/s1. The fraction of sp³-hybridized carbons (Fsp3) is 0.389. The van der Waals surface area contributed by atoms with Crippen LogP contribution in [0.5, 0.6) is 0 Å². The Morgan fingerprint density at radius 1 is 1.39 bits per heavy atom. The molecule has 3 rings (SSSR count). The van der Waals surface area contributed by atoms with Gasteiger partial charge in [-0.1, -0.05) is 12.1 Å². The molecule has 0 radical (unpaired) electrons. The summed E-state index contributed by atoms with van der Waals surface area (Å²) in [6, 6.07) is 5.86. The van der Waals surface area contributed by atoms with Crippen LogP contribution in [-0.4, -0.2) is 47.0 Å². The van der Waals surface area contributed by atoms with Crippen molar-refractivity contribution >= 4 is 17.7 Å². The summed E-state index contributed by atoms with van der Waals surface area (Å²) in [4.78, 5) is 24.3. The number of nitrogens with one attached hydrogen (secondary N) is 2. The number of carbonyl (C=O) groups excluding carboxylic acids is 2. The highest BCUT2D eigenvalue weighted by atomic mass is 19.3. The molecule has 1 amide bonds. The number of hydrogen-bond donors (Lipinski definition) is 3. The SMILES string of the molecule is COC(=O)c1ccc([C@H](C)NC(=O)c2c(C(F)(F)CO)nn3c2NCC3)cc1.